The SMILES string of the molecule is ClCc1cc(Cl)sc1CCl.ClCc1ccsc1CCl. The van der Waals surface area contributed by atoms with Crippen molar-refractivity contribution in [3.63, 3.8) is 0 Å². The second-order valence-electron chi connectivity index (χ2n) is 3.40. The molecule has 7 heteroatoms. The second kappa shape index (κ2) is 9.73. The fourth-order valence-corrected chi connectivity index (χ4v) is 4.52. The minimum absolute atomic E-state index is 0.491. The summed E-state index contributed by atoms with van der Waals surface area (Å²) < 4.78 is 0.756. The number of rotatable bonds is 4. The van der Waals surface area contributed by atoms with Crippen LogP contribution in [0.1, 0.15) is 20.9 Å². The molecule has 2 aromatic heterocycles. The molecule has 0 aliphatic carbocycles. The maximum atomic E-state index is 5.72. The molecule has 2 aromatic rings. The molecule has 0 radical (unpaired) electrons. The molecule has 2 heterocycles. The Balaban J connectivity index is 0.000000191. The maximum absolute atomic E-state index is 5.72. The molecule has 0 saturated carbocycles. The van der Waals surface area contributed by atoms with Crippen LogP contribution in [0.4, 0.5) is 0 Å². The van der Waals surface area contributed by atoms with Gasteiger partial charge in [0, 0.05) is 21.5 Å². The van der Waals surface area contributed by atoms with Crippen LogP contribution in [-0.2, 0) is 23.5 Å². The zero-order valence-corrected chi connectivity index (χ0v) is 15.2. The van der Waals surface area contributed by atoms with Gasteiger partial charge in [0.1, 0.15) is 0 Å². The summed E-state index contributed by atoms with van der Waals surface area (Å²) in [6.45, 7) is 0. The van der Waals surface area contributed by atoms with E-state index in [0.29, 0.717) is 23.5 Å². The summed E-state index contributed by atoms with van der Waals surface area (Å²) in [4.78, 5) is 2.26. The Morgan fingerprint density at radius 2 is 1.47 bits per heavy atom. The van der Waals surface area contributed by atoms with E-state index in [-0.39, 0.29) is 0 Å². The molecule has 0 saturated heterocycles. The third-order valence-electron chi connectivity index (χ3n) is 2.23. The fraction of sp³-hybridized carbons (Fsp3) is 0.333. The molecule has 0 aliphatic heterocycles. The molecule has 106 valence electrons. The summed E-state index contributed by atoms with van der Waals surface area (Å²) in [6.07, 6.45) is 0. The van der Waals surface area contributed by atoms with Gasteiger partial charge in [-0.05, 0) is 28.6 Å². The van der Waals surface area contributed by atoms with Gasteiger partial charge in [-0.15, -0.1) is 69.1 Å². The smallest absolute Gasteiger partial charge is 0.0934 e. The lowest BCUT2D eigenvalue weighted by atomic mass is 10.3. The van der Waals surface area contributed by atoms with Gasteiger partial charge in [0.2, 0.25) is 0 Å². The molecule has 0 aliphatic rings. The highest BCUT2D eigenvalue weighted by molar-refractivity contribution is 7.16. The largest absolute Gasteiger partial charge is 0.147 e. The van der Waals surface area contributed by atoms with Crippen LogP contribution >= 0.6 is 80.7 Å². The molecule has 19 heavy (non-hydrogen) atoms. The van der Waals surface area contributed by atoms with E-state index in [1.807, 2.05) is 17.5 Å². The van der Waals surface area contributed by atoms with Crippen molar-refractivity contribution in [1.29, 1.82) is 0 Å². The Labute approximate surface area is 146 Å². The summed E-state index contributed by atoms with van der Waals surface area (Å²) in [5.74, 6) is 2.15. The lowest BCUT2D eigenvalue weighted by Gasteiger charge is -1.90. The molecule has 0 atom stereocenters. The van der Waals surface area contributed by atoms with Crippen LogP contribution in [-0.4, -0.2) is 0 Å². The quantitative estimate of drug-likeness (QED) is 0.483. The van der Waals surface area contributed by atoms with Crippen molar-refractivity contribution in [3.8, 4) is 0 Å². The van der Waals surface area contributed by atoms with Gasteiger partial charge in [-0.25, -0.2) is 0 Å². The van der Waals surface area contributed by atoms with Gasteiger partial charge in [0.25, 0.3) is 0 Å². The summed E-state index contributed by atoms with van der Waals surface area (Å²) in [7, 11) is 0. The predicted molar refractivity (Wildman–Crippen MR) is 91.9 cm³/mol. The zero-order valence-electron chi connectivity index (χ0n) is 9.77. The third kappa shape index (κ3) is 5.62. The van der Waals surface area contributed by atoms with Crippen molar-refractivity contribution in [2.75, 3.05) is 0 Å². The average molecular weight is 397 g/mol. The van der Waals surface area contributed by atoms with E-state index in [2.05, 4.69) is 0 Å². The first-order valence-electron chi connectivity index (χ1n) is 5.22. The summed E-state index contributed by atoms with van der Waals surface area (Å²) >= 11 is 31.3. The summed E-state index contributed by atoms with van der Waals surface area (Å²) in [5.41, 5.74) is 2.21. The van der Waals surface area contributed by atoms with Crippen molar-refractivity contribution in [3.05, 3.63) is 42.7 Å². The standard InChI is InChI=1S/C6H5Cl3S.C6H6Cl2S/c7-2-4-1-6(9)10-5(4)3-8;7-3-5-1-2-9-6(5)4-8/h1H,2-3H2;1-2H,3-4H2. The van der Waals surface area contributed by atoms with Crippen molar-refractivity contribution in [2.24, 2.45) is 0 Å². The van der Waals surface area contributed by atoms with Crippen LogP contribution < -0.4 is 0 Å². The summed E-state index contributed by atoms with van der Waals surface area (Å²) in [6, 6.07) is 3.87. The maximum Gasteiger partial charge on any atom is 0.0934 e. The van der Waals surface area contributed by atoms with Crippen molar-refractivity contribution < 1.29 is 0 Å². The molecule has 0 bridgehead atoms. The number of hydrogen-bond acceptors (Lipinski definition) is 2. The van der Waals surface area contributed by atoms with Crippen LogP contribution in [0.2, 0.25) is 4.34 Å². The van der Waals surface area contributed by atoms with E-state index >= 15 is 0 Å². The highest BCUT2D eigenvalue weighted by Crippen LogP contribution is 2.28. The lowest BCUT2D eigenvalue weighted by Crippen LogP contribution is -1.76. The Morgan fingerprint density at radius 1 is 0.842 bits per heavy atom. The van der Waals surface area contributed by atoms with E-state index in [1.54, 1.807) is 11.3 Å². The number of halogens is 5. The molecule has 0 unspecified atom stereocenters. The van der Waals surface area contributed by atoms with Crippen LogP contribution in [0.5, 0.6) is 0 Å². The number of alkyl halides is 4. The Morgan fingerprint density at radius 3 is 1.89 bits per heavy atom. The summed E-state index contributed by atoms with van der Waals surface area (Å²) in [5, 5.41) is 2.01. The molecule has 0 spiro atoms. The van der Waals surface area contributed by atoms with Crippen LogP contribution in [0.15, 0.2) is 17.5 Å². The minimum atomic E-state index is 0.491. The van der Waals surface area contributed by atoms with Crippen molar-refractivity contribution >= 4 is 80.7 Å². The number of hydrogen-bond donors (Lipinski definition) is 0. The first-order chi connectivity index (χ1) is 9.15. The van der Waals surface area contributed by atoms with Crippen molar-refractivity contribution in [2.45, 2.75) is 23.5 Å². The predicted octanol–water partition coefficient (Wildman–Crippen LogP) is 7.10. The third-order valence-corrected chi connectivity index (χ3v) is 5.93. The minimum Gasteiger partial charge on any atom is -0.147 e. The number of thiophene rings is 2. The van der Waals surface area contributed by atoms with E-state index in [1.165, 1.54) is 16.2 Å². The van der Waals surface area contributed by atoms with Crippen LogP contribution in [0, 0.1) is 0 Å². The van der Waals surface area contributed by atoms with E-state index in [4.69, 9.17) is 58.0 Å². The molecular formula is C12H11Cl5S2. The topological polar surface area (TPSA) is 0 Å². The zero-order chi connectivity index (χ0) is 14.3. The van der Waals surface area contributed by atoms with Crippen molar-refractivity contribution in [1.82, 2.24) is 0 Å². The first-order valence-corrected chi connectivity index (χ1v) is 9.43. The second-order valence-corrected chi connectivity index (χ2v) is 7.24. The Kier molecular flexibility index (Phi) is 9.16. The highest BCUT2D eigenvalue weighted by atomic mass is 35.5. The van der Waals surface area contributed by atoms with E-state index in [9.17, 15) is 0 Å². The van der Waals surface area contributed by atoms with Gasteiger partial charge in [-0.2, -0.15) is 0 Å². The lowest BCUT2D eigenvalue weighted by molar-refractivity contribution is 1.35. The molecule has 0 aromatic carbocycles. The van der Waals surface area contributed by atoms with Gasteiger partial charge in [0.05, 0.1) is 16.1 Å². The highest BCUT2D eigenvalue weighted by Gasteiger charge is 2.04. The molecule has 0 N–H and O–H groups in total. The molecular weight excluding hydrogens is 386 g/mol. The fourth-order valence-electron chi connectivity index (χ4n) is 1.26. The monoisotopic (exact) mass is 394 g/mol. The van der Waals surface area contributed by atoms with Gasteiger partial charge < -0.3 is 0 Å². The van der Waals surface area contributed by atoms with Gasteiger partial charge >= 0.3 is 0 Å². The van der Waals surface area contributed by atoms with E-state index in [0.717, 1.165) is 20.3 Å². The molecule has 0 fully saturated rings. The Hall–Kier alpha value is 0.850. The van der Waals surface area contributed by atoms with Gasteiger partial charge in [-0.1, -0.05) is 11.6 Å². The molecule has 0 amide bonds. The molecule has 0 nitrogen and oxygen atoms in total. The Bertz CT molecular complexity index is 452. The average Bonchev–Trinajstić information content (AvgIpc) is 3.04. The van der Waals surface area contributed by atoms with Gasteiger partial charge in [-0.3, -0.25) is 0 Å². The first kappa shape index (κ1) is 17.9. The molecule has 2 rings (SSSR count). The normalized spacial score (nSPS) is 10.2. The van der Waals surface area contributed by atoms with Gasteiger partial charge in [0.15, 0.2) is 0 Å². The van der Waals surface area contributed by atoms with Crippen LogP contribution in [0.25, 0.3) is 0 Å². The van der Waals surface area contributed by atoms with Crippen LogP contribution in [0.3, 0.4) is 0 Å². The van der Waals surface area contributed by atoms with E-state index < -0.39 is 0 Å².